The molecule has 1 heterocycles. The fourth-order valence-electron chi connectivity index (χ4n) is 5.60. The van der Waals surface area contributed by atoms with Crippen molar-refractivity contribution in [3.63, 3.8) is 0 Å². The summed E-state index contributed by atoms with van der Waals surface area (Å²) < 4.78 is 5.20. The molecule has 0 aromatic heterocycles. The zero-order valence-corrected chi connectivity index (χ0v) is 33.7. The van der Waals surface area contributed by atoms with Gasteiger partial charge in [0.25, 0.3) is 5.91 Å². The van der Waals surface area contributed by atoms with Crippen LogP contribution in [0.25, 0.3) is 0 Å². The minimum atomic E-state index is -1.05. The summed E-state index contributed by atoms with van der Waals surface area (Å²) in [6.45, 7) is 23.9. The number of carbonyl (C=O) groups excluding carboxylic acids is 6. The van der Waals surface area contributed by atoms with Crippen LogP contribution in [0.4, 0.5) is 4.79 Å². The zero-order chi connectivity index (χ0) is 39.4. The van der Waals surface area contributed by atoms with E-state index in [9.17, 15) is 28.8 Å². The number of amides is 5. The van der Waals surface area contributed by atoms with E-state index in [0.29, 0.717) is 6.42 Å². The van der Waals surface area contributed by atoms with Gasteiger partial charge in [-0.15, -0.1) is 6.58 Å². The lowest BCUT2D eigenvalue weighted by Crippen LogP contribution is -2.60. The number of nitrogens with zero attached hydrogens (tertiary/aromatic N) is 1. The molecule has 1 aliphatic heterocycles. The van der Waals surface area contributed by atoms with E-state index in [2.05, 4.69) is 41.7 Å². The van der Waals surface area contributed by atoms with Gasteiger partial charge in [-0.25, -0.2) is 4.79 Å². The van der Waals surface area contributed by atoms with Gasteiger partial charge >= 0.3 is 12.0 Å². The molecule has 5 atom stereocenters. The summed E-state index contributed by atoms with van der Waals surface area (Å²) in [5.74, 6) is -3.53. The second-order valence-corrected chi connectivity index (χ2v) is 15.8. The number of ketones is 1. The number of unbranched alkanes of at least 4 members (excludes halogenated alkanes) is 1. The fourth-order valence-corrected chi connectivity index (χ4v) is 5.60. The average Bonchev–Trinajstić information content (AvgIpc) is 3.37. The summed E-state index contributed by atoms with van der Waals surface area (Å²) >= 11 is 0. The van der Waals surface area contributed by atoms with Crippen molar-refractivity contribution in [3.05, 3.63) is 12.7 Å². The molecule has 12 nitrogen and oxygen atoms in total. The minimum absolute atomic E-state index is 0.0486. The van der Waals surface area contributed by atoms with Crippen LogP contribution in [0.15, 0.2) is 12.7 Å². The summed E-state index contributed by atoms with van der Waals surface area (Å²) in [5, 5.41) is 10.2. The predicted molar refractivity (Wildman–Crippen MR) is 203 cm³/mol. The molecule has 0 bridgehead atoms. The largest absolute Gasteiger partial charge is 0.459 e. The minimum Gasteiger partial charge on any atom is -0.459 e. The molecule has 1 saturated heterocycles. The van der Waals surface area contributed by atoms with Crippen molar-refractivity contribution in [2.24, 2.45) is 17.3 Å². The highest BCUT2D eigenvalue weighted by atomic mass is 16.6. The Hall–Kier alpha value is -3.44. The van der Waals surface area contributed by atoms with Crippen LogP contribution in [0.5, 0.6) is 0 Å². The summed E-state index contributed by atoms with van der Waals surface area (Å²) in [7, 11) is 0. The predicted octanol–water partition coefficient (Wildman–Crippen LogP) is 5.83. The number of hydrogen-bond acceptors (Lipinski definition) is 7. The van der Waals surface area contributed by atoms with Gasteiger partial charge in [0.1, 0.15) is 24.2 Å². The SMILES string of the molecule is C1CCCCC1.C=CCNC(=O)C(=O)C(CCC)NC(=O)C1C(C)C(C)CN1C(=O)C(NC(=O)NCC(=O)OC(C)(C)C)C(C)(C)C.CCCC. The van der Waals surface area contributed by atoms with E-state index < -0.39 is 64.6 Å². The van der Waals surface area contributed by atoms with E-state index in [0.717, 1.165) is 0 Å². The molecule has 2 fully saturated rings. The summed E-state index contributed by atoms with van der Waals surface area (Å²) in [5.41, 5.74) is -1.46. The number of carbonyl (C=O) groups is 6. The van der Waals surface area contributed by atoms with Crippen LogP contribution in [0.3, 0.4) is 0 Å². The van der Waals surface area contributed by atoms with E-state index in [1.54, 1.807) is 41.5 Å². The Morgan fingerprint density at radius 2 is 1.35 bits per heavy atom. The molecule has 51 heavy (non-hydrogen) atoms. The van der Waals surface area contributed by atoms with Crippen molar-refractivity contribution in [1.29, 1.82) is 0 Å². The third-order valence-electron chi connectivity index (χ3n) is 8.81. The first-order valence-corrected chi connectivity index (χ1v) is 19.0. The summed E-state index contributed by atoms with van der Waals surface area (Å²) in [6, 6.07) is -3.74. The van der Waals surface area contributed by atoms with Gasteiger partial charge < -0.3 is 30.9 Å². The van der Waals surface area contributed by atoms with E-state index in [1.807, 2.05) is 20.8 Å². The molecule has 2 aliphatic rings. The van der Waals surface area contributed by atoms with Crippen LogP contribution in [-0.4, -0.2) is 83.8 Å². The van der Waals surface area contributed by atoms with Gasteiger partial charge in [0.05, 0.1) is 6.04 Å². The smallest absolute Gasteiger partial charge is 0.325 e. The highest BCUT2D eigenvalue weighted by Crippen LogP contribution is 2.32. The average molecular weight is 722 g/mol. The Morgan fingerprint density at radius 3 is 1.78 bits per heavy atom. The highest BCUT2D eigenvalue weighted by molar-refractivity contribution is 6.38. The number of hydrogen-bond donors (Lipinski definition) is 4. The van der Waals surface area contributed by atoms with Crippen molar-refractivity contribution in [2.45, 2.75) is 164 Å². The monoisotopic (exact) mass is 722 g/mol. The molecule has 2 rings (SSSR count). The molecular weight excluding hydrogens is 650 g/mol. The van der Waals surface area contributed by atoms with E-state index in [-0.39, 0.29) is 37.9 Å². The number of Topliss-reactive ketones (excluding diaryl/α,β-unsaturated/α-hetero) is 1. The van der Waals surface area contributed by atoms with Gasteiger partial charge in [-0.05, 0) is 44.4 Å². The molecule has 1 aliphatic carbocycles. The quantitative estimate of drug-likeness (QED) is 0.106. The van der Waals surface area contributed by atoms with Crippen LogP contribution >= 0.6 is 0 Å². The topological polar surface area (TPSA) is 163 Å². The Kier molecular flexibility index (Phi) is 22.3. The van der Waals surface area contributed by atoms with Gasteiger partial charge in [-0.2, -0.15) is 0 Å². The van der Waals surface area contributed by atoms with Crippen LogP contribution in [0.1, 0.15) is 140 Å². The number of rotatable bonds is 13. The van der Waals surface area contributed by atoms with Crippen molar-refractivity contribution >= 4 is 35.5 Å². The maximum absolute atomic E-state index is 13.9. The third kappa shape index (κ3) is 18.6. The first-order chi connectivity index (χ1) is 23.7. The van der Waals surface area contributed by atoms with Crippen molar-refractivity contribution in [3.8, 4) is 0 Å². The molecule has 5 unspecified atom stereocenters. The zero-order valence-electron chi connectivity index (χ0n) is 33.7. The molecule has 5 amide bonds. The molecule has 0 aromatic carbocycles. The fraction of sp³-hybridized carbons (Fsp3) is 0.795. The second kappa shape index (κ2) is 23.9. The van der Waals surface area contributed by atoms with Gasteiger partial charge in [0.15, 0.2) is 0 Å². The Labute approximate surface area is 308 Å². The van der Waals surface area contributed by atoms with Crippen LogP contribution in [0, 0.1) is 17.3 Å². The molecule has 0 radical (unpaired) electrons. The van der Waals surface area contributed by atoms with Crippen molar-refractivity contribution < 1.29 is 33.5 Å². The van der Waals surface area contributed by atoms with E-state index >= 15 is 0 Å². The lowest BCUT2D eigenvalue weighted by Gasteiger charge is -2.36. The normalized spacial score (nSPS) is 19.7. The maximum atomic E-state index is 13.9. The van der Waals surface area contributed by atoms with Gasteiger partial charge in [-0.3, -0.25) is 24.0 Å². The third-order valence-corrected chi connectivity index (χ3v) is 8.81. The molecule has 1 saturated carbocycles. The standard InChI is InChI=1S/C29H49N5O7.C6H12.C4H10/c1-11-13-19(22(36)25(38)30-14-12-2)32-24(37)21-18(4)17(3)16-34(21)26(39)23(28(5,6)7)33-27(40)31-15-20(35)41-29(8,9)10;1-2-4-6-5-3-1;1-3-4-2/h12,17-19,21,23H,2,11,13-16H2,1,3-10H3,(H,30,38)(H,32,37)(H2,31,33,40);1-6H2;3-4H2,1-2H3. The number of esters is 1. The molecule has 294 valence electrons. The number of urea groups is 1. The molecule has 0 aromatic rings. The highest BCUT2D eigenvalue weighted by Gasteiger charge is 2.48. The van der Waals surface area contributed by atoms with Gasteiger partial charge in [0.2, 0.25) is 17.6 Å². The lowest BCUT2D eigenvalue weighted by atomic mass is 9.85. The van der Waals surface area contributed by atoms with E-state index in [4.69, 9.17) is 4.74 Å². The van der Waals surface area contributed by atoms with Crippen LogP contribution < -0.4 is 21.3 Å². The number of likely N-dealkylation sites (tertiary alicyclic amines) is 1. The van der Waals surface area contributed by atoms with Crippen LogP contribution in [-0.2, 0) is 28.7 Å². The molecule has 4 N–H and O–H groups in total. The first kappa shape index (κ1) is 47.6. The van der Waals surface area contributed by atoms with Gasteiger partial charge in [-0.1, -0.05) is 119 Å². The first-order valence-electron chi connectivity index (χ1n) is 19.0. The molecule has 12 heteroatoms. The maximum Gasteiger partial charge on any atom is 0.325 e. The second-order valence-electron chi connectivity index (χ2n) is 15.8. The van der Waals surface area contributed by atoms with Gasteiger partial charge in [0, 0.05) is 13.1 Å². The molecule has 0 spiro atoms. The Morgan fingerprint density at radius 1 is 0.824 bits per heavy atom. The lowest BCUT2D eigenvalue weighted by molar-refractivity contribution is -0.153. The van der Waals surface area contributed by atoms with Crippen LogP contribution in [0.2, 0.25) is 0 Å². The molecular formula is C39H71N5O7. The Bertz CT molecular complexity index is 1110. The van der Waals surface area contributed by atoms with Crippen molar-refractivity contribution in [2.75, 3.05) is 19.6 Å². The number of ether oxygens (including phenoxy) is 1. The number of nitrogens with one attached hydrogen (secondary N) is 4. The van der Waals surface area contributed by atoms with E-state index in [1.165, 1.54) is 62.3 Å². The summed E-state index contributed by atoms with van der Waals surface area (Å²) in [6.07, 6.45) is 13.9. The summed E-state index contributed by atoms with van der Waals surface area (Å²) in [4.78, 5) is 78.7. The Balaban J connectivity index is 0.00000215. The van der Waals surface area contributed by atoms with Crippen molar-refractivity contribution in [1.82, 2.24) is 26.2 Å².